The molecule has 0 radical (unpaired) electrons. The summed E-state index contributed by atoms with van der Waals surface area (Å²) >= 11 is 0. The average Bonchev–Trinajstić information content (AvgIpc) is 2.46. The number of aliphatic hydroxyl groups excluding tert-OH is 1. The molecule has 1 aromatic carbocycles. The molecule has 21 heavy (non-hydrogen) atoms. The van der Waals surface area contributed by atoms with Crippen molar-refractivity contribution in [3.8, 4) is 0 Å². The average molecular weight is 292 g/mol. The van der Waals surface area contributed by atoms with Crippen LogP contribution >= 0.6 is 0 Å². The van der Waals surface area contributed by atoms with Gasteiger partial charge in [-0.05, 0) is 31.0 Å². The number of hydrogen-bond donors (Lipinski definition) is 2. The minimum absolute atomic E-state index is 0.0619. The zero-order chi connectivity index (χ0) is 15.8. The maximum Gasteiger partial charge on any atom is 0.254 e. The normalized spacial score (nSPS) is 10.5. The van der Waals surface area contributed by atoms with Crippen LogP contribution in [0.4, 0.5) is 5.69 Å². The Morgan fingerprint density at radius 3 is 2.48 bits per heavy atom. The van der Waals surface area contributed by atoms with Crippen molar-refractivity contribution in [3.63, 3.8) is 0 Å². The van der Waals surface area contributed by atoms with Gasteiger partial charge in [0.2, 0.25) is 5.91 Å². The molecular weight excluding hydrogens is 268 g/mol. The molecule has 2 N–H and O–H groups in total. The molecule has 0 saturated heterocycles. The lowest BCUT2D eigenvalue weighted by Crippen LogP contribution is -2.41. The van der Waals surface area contributed by atoms with Gasteiger partial charge in [0.1, 0.15) is 0 Å². The molecule has 5 nitrogen and oxygen atoms in total. The van der Waals surface area contributed by atoms with Gasteiger partial charge in [0.25, 0.3) is 5.91 Å². The van der Waals surface area contributed by atoms with Gasteiger partial charge in [-0.1, -0.05) is 19.9 Å². The van der Waals surface area contributed by atoms with Crippen LogP contribution in [0.2, 0.25) is 0 Å². The summed E-state index contributed by atoms with van der Waals surface area (Å²) in [7, 11) is 0. The van der Waals surface area contributed by atoms with Crippen LogP contribution in [0.5, 0.6) is 0 Å². The van der Waals surface area contributed by atoms with Crippen LogP contribution in [0.3, 0.4) is 0 Å². The van der Waals surface area contributed by atoms with Gasteiger partial charge in [0.05, 0.1) is 6.61 Å². The monoisotopic (exact) mass is 292 g/mol. The zero-order valence-corrected chi connectivity index (χ0v) is 12.9. The molecule has 116 valence electrons. The molecular formula is C16H24N2O3. The second kappa shape index (κ2) is 8.42. The number of carbonyl (C=O) groups excluding carboxylic acids is 2. The van der Waals surface area contributed by atoms with E-state index in [1.165, 1.54) is 6.92 Å². The smallest absolute Gasteiger partial charge is 0.254 e. The summed E-state index contributed by atoms with van der Waals surface area (Å²) in [5, 5.41) is 11.9. The molecule has 0 aromatic heterocycles. The topological polar surface area (TPSA) is 69.6 Å². The van der Waals surface area contributed by atoms with Gasteiger partial charge in [0.15, 0.2) is 0 Å². The van der Waals surface area contributed by atoms with Gasteiger partial charge < -0.3 is 15.3 Å². The van der Waals surface area contributed by atoms with Gasteiger partial charge >= 0.3 is 0 Å². The lowest BCUT2D eigenvalue weighted by molar-refractivity contribution is -0.114. The number of anilines is 1. The Morgan fingerprint density at radius 2 is 1.95 bits per heavy atom. The Balaban J connectivity index is 3.00. The molecule has 0 spiro atoms. The van der Waals surface area contributed by atoms with E-state index in [0.717, 1.165) is 12.8 Å². The van der Waals surface area contributed by atoms with E-state index in [2.05, 4.69) is 5.32 Å². The van der Waals surface area contributed by atoms with E-state index in [9.17, 15) is 14.7 Å². The van der Waals surface area contributed by atoms with E-state index in [4.69, 9.17) is 0 Å². The second-order valence-electron chi connectivity index (χ2n) is 4.95. The van der Waals surface area contributed by atoms with Gasteiger partial charge in [-0.25, -0.2) is 0 Å². The summed E-state index contributed by atoms with van der Waals surface area (Å²) in [4.78, 5) is 25.4. The number of aliphatic hydroxyl groups is 1. The van der Waals surface area contributed by atoms with E-state index in [1.807, 2.05) is 13.8 Å². The number of amides is 2. The maximum absolute atomic E-state index is 12.6. The molecule has 0 aliphatic rings. The fraction of sp³-hybridized carbons (Fsp3) is 0.500. The Bertz CT molecular complexity index is 484. The third-order valence-electron chi connectivity index (χ3n) is 3.41. The summed E-state index contributed by atoms with van der Waals surface area (Å²) in [5.41, 5.74) is 1.11. The highest BCUT2D eigenvalue weighted by Crippen LogP contribution is 2.16. The molecule has 0 unspecified atom stereocenters. The van der Waals surface area contributed by atoms with Crippen molar-refractivity contribution in [2.45, 2.75) is 39.7 Å². The molecule has 0 aliphatic heterocycles. The molecule has 1 rings (SSSR count). The molecule has 0 atom stereocenters. The van der Waals surface area contributed by atoms with E-state index in [1.54, 1.807) is 29.2 Å². The summed E-state index contributed by atoms with van der Waals surface area (Å²) < 4.78 is 0. The number of nitrogens with zero attached hydrogens (tertiary/aromatic N) is 1. The van der Waals surface area contributed by atoms with E-state index < -0.39 is 0 Å². The number of nitrogens with one attached hydrogen (secondary N) is 1. The van der Waals surface area contributed by atoms with E-state index in [0.29, 0.717) is 17.8 Å². The number of hydrogen-bond acceptors (Lipinski definition) is 3. The van der Waals surface area contributed by atoms with Gasteiger partial charge in [-0.2, -0.15) is 0 Å². The third kappa shape index (κ3) is 4.86. The van der Waals surface area contributed by atoms with E-state index >= 15 is 0 Å². The summed E-state index contributed by atoms with van der Waals surface area (Å²) in [5.74, 6) is -0.295. The third-order valence-corrected chi connectivity index (χ3v) is 3.41. The van der Waals surface area contributed by atoms with Crippen molar-refractivity contribution in [1.82, 2.24) is 4.90 Å². The quantitative estimate of drug-likeness (QED) is 0.810. The van der Waals surface area contributed by atoms with Crippen LogP contribution in [0, 0.1) is 0 Å². The lowest BCUT2D eigenvalue weighted by atomic mass is 10.1. The Labute approximate surface area is 126 Å². The molecule has 0 fully saturated rings. The number of rotatable bonds is 7. The van der Waals surface area contributed by atoms with Crippen LogP contribution in [-0.4, -0.2) is 41.0 Å². The minimum atomic E-state index is -0.174. The molecule has 0 bridgehead atoms. The Kier molecular flexibility index (Phi) is 6.88. The second-order valence-corrected chi connectivity index (χ2v) is 4.95. The largest absolute Gasteiger partial charge is 0.395 e. The summed E-state index contributed by atoms with van der Waals surface area (Å²) in [6.45, 7) is 5.74. The van der Waals surface area contributed by atoms with Crippen molar-refractivity contribution in [2.24, 2.45) is 0 Å². The van der Waals surface area contributed by atoms with Crippen LogP contribution < -0.4 is 5.32 Å². The van der Waals surface area contributed by atoms with Gasteiger partial charge in [-0.15, -0.1) is 0 Å². The first kappa shape index (κ1) is 17.2. The first-order chi connectivity index (χ1) is 10.0. The lowest BCUT2D eigenvalue weighted by Gasteiger charge is -2.30. The summed E-state index contributed by atoms with van der Waals surface area (Å²) in [6, 6.07) is 6.97. The van der Waals surface area contributed by atoms with Crippen LogP contribution in [0.25, 0.3) is 0 Å². The molecule has 2 amide bonds. The number of benzene rings is 1. The Morgan fingerprint density at radius 1 is 1.29 bits per heavy atom. The molecule has 0 heterocycles. The predicted octanol–water partition coefficient (Wildman–Crippen LogP) is 2.27. The molecule has 1 aromatic rings. The first-order valence-corrected chi connectivity index (χ1v) is 7.32. The predicted molar refractivity (Wildman–Crippen MR) is 83.2 cm³/mol. The molecule has 5 heteroatoms. The number of carbonyl (C=O) groups is 2. The fourth-order valence-electron chi connectivity index (χ4n) is 2.39. The molecule has 0 saturated carbocycles. The van der Waals surface area contributed by atoms with Crippen molar-refractivity contribution in [2.75, 3.05) is 18.5 Å². The fourth-order valence-corrected chi connectivity index (χ4v) is 2.39. The summed E-state index contributed by atoms with van der Waals surface area (Å²) in [6.07, 6.45) is 1.68. The van der Waals surface area contributed by atoms with Crippen molar-refractivity contribution < 1.29 is 14.7 Å². The zero-order valence-electron chi connectivity index (χ0n) is 12.9. The SMILES string of the molecule is CCC(CC)N(CCO)C(=O)c1cccc(NC(C)=O)c1. The van der Waals surface area contributed by atoms with Crippen molar-refractivity contribution in [3.05, 3.63) is 29.8 Å². The Hall–Kier alpha value is -1.88. The highest BCUT2D eigenvalue weighted by atomic mass is 16.3. The highest BCUT2D eigenvalue weighted by Gasteiger charge is 2.22. The standard InChI is InChI=1S/C16H24N2O3/c1-4-15(5-2)18(9-10-19)16(21)13-7-6-8-14(11-13)17-12(3)20/h6-8,11,15,19H,4-5,9-10H2,1-3H3,(H,17,20). The van der Waals surface area contributed by atoms with Gasteiger partial charge in [0, 0.05) is 30.8 Å². The van der Waals surface area contributed by atoms with E-state index in [-0.39, 0.29) is 24.5 Å². The maximum atomic E-state index is 12.6. The van der Waals surface area contributed by atoms with Crippen molar-refractivity contribution in [1.29, 1.82) is 0 Å². The molecule has 0 aliphatic carbocycles. The minimum Gasteiger partial charge on any atom is -0.395 e. The van der Waals surface area contributed by atoms with Crippen molar-refractivity contribution >= 4 is 17.5 Å². The van der Waals surface area contributed by atoms with Gasteiger partial charge in [-0.3, -0.25) is 9.59 Å². The van der Waals surface area contributed by atoms with Crippen LogP contribution in [0.15, 0.2) is 24.3 Å². The van der Waals surface area contributed by atoms with Crippen LogP contribution in [0.1, 0.15) is 44.0 Å². The first-order valence-electron chi connectivity index (χ1n) is 7.32. The van der Waals surface area contributed by atoms with Crippen LogP contribution in [-0.2, 0) is 4.79 Å². The highest BCUT2D eigenvalue weighted by molar-refractivity contribution is 5.97.